The molecule has 1 aromatic carbocycles. The predicted molar refractivity (Wildman–Crippen MR) is 97.2 cm³/mol. The minimum atomic E-state index is -1.33. The van der Waals surface area contributed by atoms with Crippen molar-refractivity contribution in [1.82, 2.24) is 5.32 Å². The fraction of sp³-hybridized carbons (Fsp3) is 0.500. The molecule has 0 spiro atoms. The Balaban J connectivity index is 2.04. The molecule has 1 unspecified atom stereocenters. The topological polar surface area (TPSA) is 93.7 Å². The quantitative estimate of drug-likeness (QED) is 0.582. The zero-order valence-electron chi connectivity index (χ0n) is 15.1. The van der Waals surface area contributed by atoms with Crippen molar-refractivity contribution in [2.75, 3.05) is 25.6 Å². The van der Waals surface area contributed by atoms with E-state index in [1.165, 1.54) is 39.2 Å². The zero-order chi connectivity index (χ0) is 19.3. The van der Waals surface area contributed by atoms with E-state index in [9.17, 15) is 14.4 Å². The molecule has 1 saturated heterocycles. The van der Waals surface area contributed by atoms with Crippen LogP contribution in [0, 0.1) is 5.41 Å². The molecule has 0 radical (unpaired) electrons. The van der Waals surface area contributed by atoms with Gasteiger partial charge in [-0.3, -0.25) is 9.59 Å². The number of nitrogens with one attached hydrogen (secondary N) is 2. The predicted octanol–water partition coefficient (Wildman–Crippen LogP) is 2.39. The molecule has 2 rings (SSSR count). The molecule has 0 bridgehead atoms. The molecule has 7 nitrogen and oxygen atoms in total. The Morgan fingerprint density at radius 3 is 2.65 bits per heavy atom. The largest absolute Gasteiger partial charge is 0.465 e. The number of hydrogen-bond donors (Lipinski definition) is 2. The average molecular weight is 383 g/mol. The third kappa shape index (κ3) is 4.74. The third-order valence-corrected chi connectivity index (χ3v) is 4.61. The van der Waals surface area contributed by atoms with Gasteiger partial charge in [-0.2, -0.15) is 0 Å². The number of hydrogen-bond acceptors (Lipinski definition) is 5. The van der Waals surface area contributed by atoms with Crippen molar-refractivity contribution < 1.29 is 23.9 Å². The van der Waals surface area contributed by atoms with E-state index < -0.39 is 23.2 Å². The highest BCUT2D eigenvalue weighted by Gasteiger charge is 2.36. The second kappa shape index (κ2) is 8.51. The lowest BCUT2D eigenvalue weighted by molar-refractivity contribution is -0.138. The lowest BCUT2D eigenvalue weighted by Crippen LogP contribution is -2.47. The number of amides is 2. The number of methoxy groups -OCH3 is 1. The van der Waals surface area contributed by atoms with E-state index in [2.05, 4.69) is 15.4 Å². The molecule has 1 heterocycles. The van der Waals surface area contributed by atoms with Crippen LogP contribution in [0.5, 0.6) is 0 Å². The molecule has 142 valence electrons. The molecule has 0 aromatic heterocycles. The minimum absolute atomic E-state index is 0.0102. The monoisotopic (exact) mass is 382 g/mol. The van der Waals surface area contributed by atoms with E-state index in [0.29, 0.717) is 13.2 Å². The molecule has 2 amide bonds. The lowest BCUT2D eigenvalue weighted by Gasteiger charge is -2.24. The summed E-state index contributed by atoms with van der Waals surface area (Å²) in [6.07, 6.45) is 1.85. The summed E-state index contributed by atoms with van der Waals surface area (Å²) in [5, 5.41) is 5.61. The van der Waals surface area contributed by atoms with E-state index in [-0.39, 0.29) is 22.4 Å². The number of carbonyl (C=O) groups excluding carboxylic acids is 3. The number of benzene rings is 1. The Hall–Kier alpha value is -2.12. The number of anilines is 1. The molecule has 1 fully saturated rings. The maximum Gasteiger partial charge on any atom is 0.337 e. The molecular weight excluding hydrogens is 360 g/mol. The van der Waals surface area contributed by atoms with Crippen LogP contribution in [0.15, 0.2) is 18.2 Å². The first-order valence-corrected chi connectivity index (χ1v) is 8.72. The van der Waals surface area contributed by atoms with Crippen molar-refractivity contribution >= 4 is 35.1 Å². The van der Waals surface area contributed by atoms with E-state index >= 15 is 0 Å². The van der Waals surface area contributed by atoms with Gasteiger partial charge in [-0.25, -0.2) is 4.79 Å². The van der Waals surface area contributed by atoms with Crippen LogP contribution < -0.4 is 10.6 Å². The molecule has 1 atom stereocenters. The number of esters is 1. The van der Waals surface area contributed by atoms with Crippen molar-refractivity contribution in [3.63, 3.8) is 0 Å². The summed E-state index contributed by atoms with van der Waals surface area (Å²) in [7, 11) is 1.26. The molecular formula is C18H23ClN2O5. The van der Waals surface area contributed by atoms with Crippen molar-refractivity contribution in [1.29, 1.82) is 0 Å². The summed E-state index contributed by atoms with van der Waals surface area (Å²) in [5.74, 6) is -1.50. The number of carbonyl (C=O) groups is 3. The minimum Gasteiger partial charge on any atom is -0.465 e. The highest BCUT2D eigenvalue weighted by molar-refractivity contribution is 6.34. The standard InChI is InChI=1S/C18H23ClN2O5/c1-18(2,16(23)20-10-12-5-4-8-26-12)17(24)21-14-9-11(15(22)25-3)6-7-13(14)19/h6-7,9,12H,4-5,8,10H2,1-3H3,(H,20,23)(H,21,24). The van der Waals surface area contributed by atoms with Gasteiger partial charge >= 0.3 is 5.97 Å². The normalized spacial score (nSPS) is 16.8. The zero-order valence-corrected chi connectivity index (χ0v) is 15.8. The van der Waals surface area contributed by atoms with Crippen LogP contribution in [0.3, 0.4) is 0 Å². The van der Waals surface area contributed by atoms with E-state index in [4.69, 9.17) is 16.3 Å². The fourth-order valence-electron chi connectivity index (χ4n) is 2.48. The van der Waals surface area contributed by atoms with Gasteiger partial charge in [0.2, 0.25) is 11.8 Å². The Morgan fingerprint density at radius 1 is 1.31 bits per heavy atom. The highest BCUT2D eigenvalue weighted by atomic mass is 35.5. The van der Waals surface area contributed by atoms with E-state index in [1.807, 2.05) is 0 Å². The van der Waals surface area contributed by atoms with Crippen molar-refractivity contribution in [2.45, 2.75) is 32.8 Å². The van der Waals surface area contributed by atoms with Crippen LogP contribution in [0.1, 0.15) is 37.0 Å². The Labute approximate surface area is 157 Å². The summed E-state index contributed by atoms with van der Waals surface area (Å²) >= 11 is 6.08. The van der Waals surface area contributed by atoms with Crippen LogP contribution in [-0.2, 0) is 19.1 Å². The summed E-state index contributed by atoms with van der Waals surface area (Å²) in [5.41, 5.74) is -0.851. The first-order valence-electron chi connectivity index (χ1n) is 8.35. The molecule has 8 heteroatoms. The second-order valence-corrected chi connectivity index (χ2v) is 7.02. The summed E-state index contributed by atoms with van der Waals surface area (Å²) < 4.78 is 10.1. The molecule has 1 aromatic rings. The number of ether oxygens (including phenoxy) is 2. The number of rotatable bonds is 6. The Morgan fingerprint density at radius 2 is 2.04 bits per heavy atom. The van der Waals surface area contributed by atoms with Crippen LogP contribution in [0.4, 0.5) is 5.69 Å². The van der Waals surface area contributed by atoms with Gasteiger partial charge in [0, 0.05) is 13.2 Å². The summed E-state index contributed by atoms with van der Waals surface area (Å²) in [6.45, 7) is 4.10. The van der Waals surface area contributed by atoms with Crippen LogP contribution >= 0.6 is 11.6 Å². The molecule has 0 saturated carbocycles. The Bertz CT molecular complexity index is 699. The first-order chi connectivity index (χ1) is 12.3. The smallest absolute Gasteiger partial charge is 0.337 e. The Kier molecular flexibility index (Phi) is 6.61. The van der Waals surface area contributed by atoms with Crippen LogP contribution in [0.25, 0.3) is 0 Å². The van der Waals surface area contributed by atoms with Crippen molar-refractivity contribution in [3.05, 3.63) is 28.8 Å². The SMILES string of the molecule is COC(=O)c1ccc(Cl)c(NC(=O)C(C)(C)C(=O)NCC2CCCO2)c1. The van der Waals surface area contributed by atoms with Gasteiger partial charge in [0.1, 0.15) is 5.41 Å². The van der Waals surface area contributed by atoms with Gasteiger partial charge in [-0.1, -0.05) is 11.6 Å². The molecule has 2 N–H and O–H groups in total. The molecule has 0 aliphatic carbocycles. The maximum atomic E-state index is 12.6. The number of halogens is 1. The third-order valence-electron chi connectivity index (χ3n) is 4.29. The van der Waals surface area contributed by atoms with Crippen molar-refractivity contribution in [3.8, 4) is 0 Å². The molecule has 1 aliphatic heterocycles. The second-order valence-electron chi connectivity index (χ2n) is 6.61. The molecule has 26 heavy (non-hydrogen) atoms. The first kappa shape index (κ1) is 20.2. The van der Waals surface area contributed by atoms with Crippen LogP contribution in [0.2, 0.25) is 5.02 Å². The van der Waals surface area contributed by atoms with E-state index in [1.54, 1.807) is 0 Å². The average Bonchev–Trinajstić information content (AvgIpc) is 3.14. The lowest BCUT2D eigenvalue weighted by atomic mass is 9.90. The highest BCUT2D eigenvalue weighted by Crippen LogP contribution is 2.26. The van der Waals surface area contributed by atoms with Crippen LogP contribution in [-0.4, -0.2) is 44.1 Å². The van der Waals surface area contributed by atoms with Crippen molar-refractivity contribution in [2.24, 2.45) is 5.41 Å². The van der Waals surface area contributed by atoms with Gasteiger partial charge in [-0.15, -0.1) is 0 Å². The van der Waals surface area contributed by atoms with Gasteiger partial charge in [0.05, 0.1) is 29.5 Å². The van der Waals surface area contributed by atoms with Gasteiger partial charge < -0.3 is 20.1 Å². The maximum absolute atomic E-state index is 12.6. The van der Waals surface area contributed by atoms with E-state index in [0.717, 1.165) is 12.8 Å². The van der Waals surface area contributed by atoms with Gasteiger partial charge in [0.25, 0.3) is 0 Å². The van der Waals surface area contributed by atoms with Gasteiger partial charge in [0.15, 0.2) is 0 Å². The van der Waals surface area contributed by atoms with Gasteiger partial charge in [-0.05, 0) is 44.9 Å². The fourth-order valence-corrected chi connectivity index (χ4v) is 2.65. The molecule has 1 aliphatic rings. The summed E-state index contributed by atoms with van der Waals surface area (Å²) in [6, 6.07) is 4.38. The summed E-state index contributed by atoms with van der Waals surface area (Å²) in [4.78, 5) is 36.6.